The maximum atomic E-state index is 12.4. The van der Waals surface area contributed by atoms with Gasteiger partial charge in [-0.2, -0.15) is 0 Å². The van der Waals surface area contributed by atoms with Crippen molar-refractivity contribution in [2.75, 3.05) is 25.9 Å². The maximum absolute atomic E-state index is 12.4. The SMILES string of the molecule is CN(CC1CCC(C(=O)NCCCCCC(=O)O)CC1)C(=O)CCSc1cc(O)[nH]c1O. The Labute approximate surface area is 193 Å². The van der Waals surface area contributed by atoms with Crippen molar-refractivity contribution in [1.82, 2.24) is 15.2 Å². The van der Waals surface area contributed by atoms with E-state index in [0.29, 0.717) is 42.5 Å². The molecule has 0 aromatic carbocycles. The number of rotatable bonds is 13. The van der Waals surface area contributed by atoms with Crippen molar-refractivity contribution < 1.29 is 29.7 Å². The number of aliphatic carboxylic acids is 1. The Bertz CT molecular complexity index is 761. The molecule has 1 heterocycles. The summed E-state index contributed by atoms with van der Waals surface area (Å²) in [4.78, 5) is 39.9. The van der Waals surface area contributed by atoms with Gasteiger partial charge in [-0.3, -0.25) is 19.4 Å². The highest BCUT2D eigenvalue weighted by atomic mass is 32.2. The molecule has 0 saturated heterocycles. The molecule has 0 spiro atoms. The summed E-state index contributed by atoms with van der Waals surface area (Å²) in [6, 6.07) is 1.43. The molecular weight excluding hydrogens is 434 g/mol. The van der Waals surface area contributed by atoms with E-state index in [4.69, 9.17) is 5.11 Å². The highest BCUT2D eigenvalue weighted by Crippen LogP contribution is 2.32. The highest BCUT2D eigenvalue weighted by molar-refractivity contribution is 7.99. The Hall–Kier alpha value is -2.36. The van der Waals surface area contributed by atoms with E-state index in [-0.39, 0.29) is 35.9 Å². The number of hydrogen-bond donors (Lipinski definition) is 5. The molecule has 1 aromatic heterocycles. The third-order valence-electron chi connectivity index (χ3n) is 5.86. The average Bonchev–Trinajstić information content (AvgIpc) is 3.07. The van der Waals surface area contributed by atoms with Crippen LogP contribution in [0.4, 0.5) is 0 Å². The number of hydrogen-bond acceptors (Lipinski definition) is 6. The number of aromatic hydroxyl groups is 2. The number of nitrogens with zero attached hydrogens (tertiary/aromatic N) is 1. The first-order valence-corrected chi connectivity index (χ1v) is 12.2. The number of aromatic amines is 1. The second-order valence-electron chi connectivity index (χ2n) is 8.45. The minimum Gasteiger partial charge on any atom is -0.494 e. The number of unbranched alkanes of at least 4 members (excludes halogenated alkanes) is 2. The van der Waals surface area contributed by atoms with Gasteiger partial charge < -0.3 is 25.5 Å². The van der Waals surface area contributed by atoms with Gasteiger partial charge in [0.1, 0.15) is 0 Å². The molecule has 0 bridgehead atoms. The summed E-state index contributed by atoms with van der Waals surface area (Å²) in [7, 11) is 1.80. The summed E-state index contributed by atoms with van der Waals surface area (Å²) in [6.07, 6.45) is 6.23. The van der Waals surface area contributed by atoms with Crippen LogP contribution >= 0.6 is 11.8 Å². The quantitative estimate of drug-likeness (QED) is 0.221. The van der Waals surface area contributed by atoms with E-state index in [9.17, 15) is 24.6 Å². The van der Waals surface area contributed by atoms with E-state index < -0.39 is 5.97 Å². The van der Waals surface area contributed by atoms with Gasteiger partial charge in [0, 0.05) is 50.7 Å². The molecule has 1 aromatic rings. The second kappa shape index (κ2) is 13.2. The molecule has 0 unspecified atom stereocenters. The summed E-state index contributed by atoms with van der Waals surface area (Å²) in [5.74, 6) is 0.0742. The topological polar surface area (TPSA) is 143 Å². The van der Waals surface area contributed by atoms with Gasteiger partial charge in [0.2, 0.25) is 17.7 Å². The smallest absolute Gasteiger partial charge is 0.303 e. The zero-order chi connectivity index (χ0) is 23.5. The van der Waals surface area contributed by atoms with Crippen LogP contribution in [0.25, 0.3) is 0 Å². The predicted molar refractivity (Wildman–Crippen MR) is 122 cm³/mol. The first-order valence-electron chi connectivity index (χ1n) is 11.2. The summed E-state index contributed by atoms with van der Waals surface area (Å²) >= 11 is 1.32. The molecular formula is C22H35N3O6S. The zero-order valence-electron chi connectivity index (χ0n) is 18.6. The van der Waals surface area contributed by atoms with E-state index in [1.165, 1.54) is 17.8 Å². The van der Waals surface area contributed by atoms with Crippen molar-refractivity contribution in [3.05, 3.63) is 6.07 Å². The Morgan fingerprint density at radius 3 is 2.47 bits per heavy atom. The van der Waals surface area contributed by atoms with Crippen molar-refractivity contribution in [1.29, 1.82) is 0 Å². The monoisotopic (exact) mass is 469 g/mol. The number of aromatic nitrogens is 1. The van der Waals surface area contributed by atoms with Crippen LogP contribution in [0.5, 0.6) is 11.8 Å². The molecule has 1 aliphatic carbocycles. The van der Waals surface area contributed by atoms with E-state index >= 15 is 0 Å². The molecule has 5 N–H and O–H groups in total. The third kappa shape index (κ3) is 9.02. The van der Waals surface area contributed by atoms with Gasteiger partial charge >= 0.3 is 5.97 Å². The minimum atomic E-state index is -0.782. The van der Waals surface area contributed by atoms with Gasteiger partial charge in [-0.15, -0.1) is 11.8 Å². The lowest BCUT2D eigenvalue weighted by Crippen LogP contribution is -2.37. The number of thioether (sulfide) groups is 1. The molecule has 9 nitrogen and oxygen atoms in total. The molecule has 10 heteroatoms. The Morgan fingerprint density at radius 1 is 1.12 bits per heavy atom. The van der Waals surface area contributed by atoms with Crippen molar-refractivity contribution in [2.24, 2.45) is 11.8 Å². The number of carboxylic acid groups (broad SMARTS) is 1. The maximum Gasteiger partial charge on any atom is 0.303 e. The van der Waals surface area contributed by atoms with Crippen molar-refractivity contribution >= 4 is 29.5 Å². The highest BCUT2D eigenvalue weighted by Gasteiger charge is 2.27. The van der Waals surface area contributed by atoms with Crippen LogP contribution in [0.2, 0.25) is 0 Å². The number of amides is 2. The number of H-pyrrole nitrogens is 1. The van der Waals surface area contributed by atoms with Crippen LogP contribution in [0.15, 0.2) is 11.0 Å². The van der Waals surface area contributed by atoms with Crippen molar-refractivity contribution in [3.8, 4) is 11.8 Å². The second-order valence-corrected chi connectivity index (χ2v) is 9.59. The lowest BCUT2D eigenvalue weighted by Gasteiger charge is -2.30. The molecule has 1 saturated carbocycles. The number of carboxylic acids is 1. The van der Waals surface area contributed by atoms with E-state index in [1.54, 1.807) is 11.9 Å². The van der Waals surface area contributed by atoms with Gasteiger partial charge in [-0.25, -0.2) is 0 Å². The summed E-state index contributed by atoms with van der Waals surface area (Å²) < 4.78 is 0. The lowest BCUT2D eigenvalue weighted by atomic mass is 9.81. The first kappa shape index (κ1) is 25.9. The Morgan fingerprint density at radius 2 is 1.84 bits per heavy atom. The largest absolute Gasteiger partial charge is 0.494 e. The summed E-state index contributed by atoms with van der Waals surface area (Å²) in [5.41, 5.74) is 0. The van der Waals surface area contributed by atoms with E-state index in [2.05, 4.69) is 10.3 Å². The van der Waals surface area contributed by atoms with Gasteiger partial charge in [-0.05, 0) is 44.4 Å². The lowest BCUT2D eigenvalue weighted by molar-refractivity contribution is -0.137. The average molecular weight is 470 g/mol. The molecule has 1 fully saturated rings. The van der Waals surface area contributed by atoms with Crippen LogP contribution in [-0.4, -0.2) is 68.9 Å². The van der Waals surface area contributed by atoms with Crippen LogP contribution in [0, 0.1) is 11.8 Å². The van der Waals surface area contributed by atoms with Crippen LogP contribution < -0.4 is 5.32 Å². The summed E-state index contributed by atoms with van der Waals surface area (Å²) in [6.45, 7) is 1.27. The molecule has 0 atom stereocenters. The van der Waals surface area contributed by atoms with Gasteiger partial charge in [-0.1, -0.05) is 6.42 Å². The van der Waals surface area contributed by atoms with Gasteiger partial charge in [0.25, 0.3) is 0 Å². The minimum absolute atomic E-state index is 0.0214. The van der Waals surface area contributed by atoms with Crippen molar-refractivity contribution in [3.63, 3.8) is 0 Å². The van der Waals surface area contributed by atoms with E-state index in [0.717, 1.165) is 38.5 Å². The number of carbonyl (C=O) groups excluding carboxylic acids is 2. The fourth-order valence-corrected chi connectivity index (χ4v) is 4.87. The van der Waals surface area contributed by atoms with Crippen LogP contribution in [-0.2, 0) is 14.4 Å². The van der Waals surface area contributed by atoms with E-state index in [1.807, 2.05) is 0 Å². The fraction of sp³-hybridized carbons (Fsp3) is 0.682. The number of carbonyl (C=O) groups is 3. The van der Waals surface area contributed by atoms with Crippen LogP contribution in [0.1, 0.15) is 57.8 Å². The molecule has 0 radical (unpaired) electrons. The Balaban J connectivity index is 1.58. The van der Waals surface area contributed by atoms with Crippen LogP contribution in [0.3, 0.4) is 0 Å². The molecule has 2 amide bonds. The first-order chi connectivity index (χ1) is 15.3. The van der Waals surface area contributed by atoms with Gasteiger partial charge in [0.15, 0.2) is 5.88 Å². The number of nitrogens with one attached hydrogen (secondary N) is 2. The molecule has 0 aliphatic heterocycles. The summed E-state index contributed by atoms with van der Waals surface area (Å²) in [5, 5.41) is 30.5. The predicted octanol–water partition coefficient (Wildman–Crippen LogP) is 2.93. The standard InChI is InChI=1S/C22H35N3O6S/c1-25(19(27)10-12-32-17-13-18(26)24-22(17)31)14-15-6-8-16(9-7-15)21(30)23-11-4-2-3-5-20(28)29/h13,15-16,24,26,31H,2-12,14H2,1H3,(H,23,30)(H,28,29). The van der Waals surface area contributed by atoms with Crippen molar-refractivity contribution in [2.45, 2.75) is 62.7 Å². The molecule has 1 aliphatic rings. The van der Waals surface area contributed by atoms with Gasteiger partial charge in [0.05, 0.1) is 4.90 Å². The fourth-order valence-electron chi connectivity index (χ4n) is 3.99. The molecule has 180 valence electrons. The zero-order valence-corrected chi connectivity index (χ0v) is 19.5. The third-order valence-corrected chi connectivity index (χ3v) is 6.89. The molecule has 2 rings (SSSR count). The molecule has 32 heavy (non-hydrogen) atoms. The Kier molecular flexibility index (Phi) is 10.7. The normalized spacial score (nSPS) is 18.3.